The Bertz CT molecular complexity index is 943. The fourth-order valence-electron chi connectivity index (χ4n) is 3.78. The van der Waals surface area contributed by atoms with E-state index in [2.05, 4.69) is 35.2 Å². The second-order valence-corrected chi connectivity index (χ2v) is 7.84. The molecule has 0 amide bonds. The van der Waals surface area contributed by atoms with Crippen molar-refractivity contribution in [1.82, 2.24) is 4.90 Å². The van der Waals surface area contributed by atoms with Crippen LogP contribution in [0.15, 0.2) is 47.5 Å². The third-order valence-electron chi connectivity index (χ3n) is 5.10. The minimum Gasteiger partial charge on any atom is -0.493 e. The highest BCUT2D eigenvalue weighted by Gasteiger charge is 2.39. The van der Waals surface area contributed by atoms with Gasteiger partial charge in [0.1, 0.15) is 12.4 Å². The van der Waals surface area contributed by atoms with Gasteiger partial charge in [0, 0.05) is 24.7 Å². The number of methoxy groups -OCH3 is 1. The molecule has 3 rings (SSSR count). The third-order valence-corrected chi connectivity index (χ3v) is 5.90. The maximum Gasteiger partial charge on any atom is 0.174 e. The monoisotopic (exact) mass is 491 g/mol. The number of halogens is 1. The molecule has 2 N–H and O–H groups in total. The highest BCUT2D eigenvalue weighted by atomic mass is 127. The number of nitriles is 1. The quantitative estimate of drug-likeness (QED) is 0.501. The van der Waals surface area contributed by atoms with Crippen LogP contribution < -0.4 is 15.2 Å². The first-order chi connectivity index (χ1) is 13.4. The van der Waals surface area contributed by atoms with Gasteiger partial charge in [-0.2, -0.15) is 5.26 Å². The summed E-state index contributed by atoms with van der Waals surface area (Å²) in [6.07, 6.45) is 3.70. The van der Waals surface area contributed by atoms with E-state index < -0.39 is 5.92 Å². The summed E-state index contributed by atoms with van der Waals surface area (Å²) in [4.78, 5) is 14.6. The zero-order valence-corrected chi connectivity index (χ0v) is 18.1. The molecule has 28 heavy (non-hydrogen) atoms. The SMILES string of the molecule is C=CCOc1c(I)cc([C@H]2C(C#N)=C(N)N(C)C3=C2C(=O)CCC3)cc1OC. The van der Waals surface area contributed by atoms with Crippen LogP contribution in [-0.4, -0.2) is 31.4 Å². The summed E-state index contributed by atoms with van der Waals surface area (Å²) in [5.74, 6) is 1.12. The van der Waals surface area contributed by atoms with Gasteiger partial charge in [0.15, 0.2) is 17.3 Å². The Morgan fingerprint density at radius 1 is 1.46 bits per heavy atom. The van der Waals surface area contributed by atoms with Crippen molar-refractivity contribution in [3.63, 3.8) is 0 Å². The molecule has 6 nitrogen and oxygen atoms in total. The first-order valence-corrected chi connectivity index (χ1v) is 10.0. The van der Waals surface area contributed by atoms with Crippen molar-refractivity contribution in [3.8, 4) is 17.6 Å². The van der Waals surface area contributed by atoms with E-state index in [-0.39, 0.29) is 5.78 Å². The van der Waals surface area contributed by atoms with Crippen LogP contribution in [0, 0.1) is 14.9 Å². The predicted molar refractivity (Wildman–Crippen MR) is 115 cm³/mol. The first kappa shape index (κ1) is 20.3. The molecule has 0 unspecified atom stereocenters. The molecule has 1 aliphatic heterocycles. The molecule has 0 saturated heterocycles. The van der Waals surface area contributed by atoms with E-state index in [1.165, 1.54) is 0 Å². The zero-order chi connectivity index (χ0) is 20.4. The molecule has 0 saturated carbocycles. The van der Waals surface area contributed by atoms with Crippen LogP contribution >= 0.6 is 22.6 Å². The first-order valence-electron chi connectivity index (χ1n) is 8.95. The summed E-state index contributed by atoms with van der Waals surface area (Å²) in [6, 6.07) is 5.98. The second-order valence-electron chi connectivity index (χ2n) is 6.67. The number of nitrogens with two attached hydrogens (primary N) is 1. The van der Waals surface area contributed by atoms with Crippen molar-refractivity contribution in [3.05, 3.63) is 56.6 Å². The number of rotatable bonds is 5. The van der Waals surface area contributed by atoms with Crippen molar-refractivity contribution in [2.24, 2.45) is 5.73 Å². The minimum absolute atomic E-state index is 0.0688. The van der Waals surface area contributed by atoms with Crippen molar-refractivity contribution < 1.29 is 14.3 Å². The highest BCUT2D eigenvalue weighted by Crippen LogP contribution is 2.46. The van der Waals surface area contributed by atoms with E-state index >= 15 is 0 Å². The molecule has 146 valence electrons. The van der Waals surface area contributed by atoms with Gasteiger partial charge in [-0.25, -0.2) is 0 Å². The summed E-state index contributed by atoms with van der Waals surface area (Å²) in [5.41, 5.74) is 9.03. The number of Topliss-reactive ketones (excluding diaryl/α,β-unsaturated/α-hetero) is 1. The number of carbonyl (C=O) groups is 1. The fraction of sp³-hybridized carbons (Fsp3) is 0.333. The topological polar surface area (TPSA) is 88.6 Å². The fourth-order valence-corrected chi connectivity index (χ4v) is 4.57. The van der Waals surface area contributed by atoms with Gasteiger partial charge in [0.2, 0.25) is 0 Å². The Kier molecular flexibility index (Phi) is 5.98. The van der Waals surface area contributed by atoms with Gasteiger partial charge in [0.25, 0.3) is 0 Å². The molecule has 0 radical (unpaired) electrons. The lowest BCUT2D eigenvalue weighted by Crippen LogP contribution is -2.36. The lowest BCUT2D eigenvalue weighted by atomic mass is 9.76. The van der Waals surface area contributed by atoms with Crippen LogP contribution in [-0.2, 0) is 4.79 Å². The van der Waals surface area contributed by atoms with Crippen molar-refractivity contribution >= 4 is 28.4 Å². The van der Waals surface area contributed by atoms with E-state index in [1.807, 2.05) is 19.2 Å². The van der Waals surface area contributed by atoms with Gasteiger partial charge in [-0.15, -0.1) is 0 Å². The summed E-state index contributed by atoms with van der Waals surface area (Å²) in [6.45, 7) is 4.02. The smallest absolute Gasteiger partial charge is 0.174 e. The average molecular weight is 491 g/mol. The van der Waals surface area contributed by atoms with Gasteiger partial charge in [-0.3, -0.25) is 4.79 Å². The van der Waals surface area contributed by atoms with Gasteiger partial charge in [-0.1, -0.05) is 12.7 Å². The molecule has 2 aliphatic rings. The van der Waals surface area contributed by atoms with Crippen LogP contribution in [0.4, 0.5) is 0 Å². The summed E-state index contributed by atoms with van der Waals surface area (Å²) >= 11 is 2.17. The molecule has 1 aromatic rings. The number of ketones is 1. The molecule has 0 fully saturated rings. The van der Waals surface area contributed by atoms with Crippen LogP contribution in [0.5, 0.6) is 11.5 Å². The Balaban J connectivity index is 2.20. The molecule has 1 atom stereocenters. The molecular weight excluding hydrogens is 469 g/mol. The largest absolute Gasteiger partial charge is 0.493 e. The maximum atomic E-state index is 12.8. The van der Waals surface area contributed by atoms with Gasteiger partial charge < -0.3 is 20.1 Å². The Morgan fingerprint density at radius 3 is 2.86 bits per heavy atom. The molecule has 7 heteroatoms. The molecule has 1 aromatic carbocycles. The maximum absolute atomic E-state index is 12.8. The van der Waals surface area contributed by atoms with E-state index in [1.54, 1.807) is 18.1 Å². The number of allylic oxidation sites excluding steroid dienone is 3. The van der Waals surface area contributed by atoms with Crippen LogP contribution in [0.2, 0.25) is 0 Å². The van der Waals surface area contributed by atoms with Crippen molar-refractivity contribution in [2.75, 3.05) is 20.8 Å². The molecule has 0 bridgehead atoms. The van der Waals surface area contributed by atoms with Gasteiger partial charge in [0.05, 0.1) is 28.2 Å². The highest BCUT2D eigenvalue weighted by molar-refractivity contribution is 14.1. The van der Waals surface area contributed by atoms with E-state index in [0.29, 0.717) is 41.5 Å². The van der Waals surface area contributed by atoms with Crippen LogP contribution in [0.3, 0.4) is 0 Å². The van der Waals surface area contributed by atoms with Crippen molar-refractivity contribution in [1.29, 1.82) is 5.26 Å². The van der Waals surface area contributed by atoms with Crippen molar-refractivity contribution in [2.45, 2.75) is 25.2 Å². The van der Waals surface area contributed by atoms with E-state index in [9.17, 15) is 10.1 Å². The second kappa shape index (κ2) is 8.27. The number of benzene rings is 1. The molecule has 0 spiro atoms. The lowest BCUT2D eigenvalue weighted by molar-refractivity contribution is -0.116. The minimum atomic E-state index is -0.500. The normalized spacial score (nSPS) is 19.3. The summed E-state index contributed by atoms with van der Waals surface area (Å²) < 4.78 is 12.1. The third kappa shape index (κ3) is 3.37. The molecular formula is C21H22IN3O3. The van der Waals surface area contributed by atoms with Crippen LogP contribution in [0.1, 0.15) is 30.7 Å². The Morgan fingerprint density at radius 2 is 2.21 bits per heavy atom. The van der Waals surface area contributed by atoms with Gasteiger partial charge in [-0.05, 0) is 53.1 Å². The van der Waals surface area contributed by atoms with Gasteiger partial charge >= 0.3 is 0 Å². The summed E-state index contributed by atoms with van der Waals surface area (Å²) in [5, 5.41) is 9.84. The molecule has 1 heterocycles. The Hall–Kier alpha value is -2.47. The van der Waals surface area contributed by atoms with E-state index in [4.69, 9.17) is 15.2 Å². The number of nitrogens with zero attached hydrogens (tertiary/aromatic N) is 2. The predicted octanol–water partition coefficient (Wildman–Crippen LogP) is 3.59. The number of hydrogen-bond donors (Lipinski definition) is 1. The number of carbonyl (C=O) groups excluding carboxylic acids is 1. The summed E-state index contributed by atoms with van der Waals surface area (Å²) in [7, 11) is 3.38. The van der Waals surface area contributed by atoms with Crippen LogP contribution in [0.25, 0.3) is 0 Å². The molecule has 0 aromatic heterocycles. The average Bonchev–Trinajstić information content (AvgIpc) is 2.69. The number of ether oxygens (including phenoxy) is 2. The standard InChI is InChI=1S/C21H22IN3O3/c1-4-8-28-20-14(22)9-12(10-17(20)27-3)18-13(11-23)21(24)25(2)15-6-5-7-16(26)19(15)18/h4,9-10,18H,1,5-8,24H2,2-3H3/t18-/m0/s1. The lowest BCUT2D eigenvalue weighted by Gasteiger charge is -2.37. The number of hydrogen-bond acceptors (Lipinski definition) is 6. The molecule has 1 aliphatic carbocycles. The van der Waals surface area contributed by atoms with E-state index in [0.717, 1.165) is 27.7 Å². The zero-order valence-electron chi connectivity index (χ0n) is 15.9. The Labute approximate surface area is 178 Å².